The number of rotatable bonds is 2. The maximum absolute atomic E-state index is 12.3. The lowest BCUT2D eigenvalue weighted by Gasteiger charge is -2.10. The molecule has 1 fully saturated rings. The van der Waals surface area contributed by atoms with Crippen LogP contribution in [0.4, 0.5) is 8.78 Å². The highest BCUT2D eigenvalue weighted by molar-refractivity contribution is 5.26. The van der Waals surface area contributed by atoms with Gasteiger partial charge >= 0.3 is 0 Å². The van der Waals surface area contributed by atoms with Gasteiger partial charge in [-0.3, -0.25) is 0 Å². The molecule has 0 spiro atoms. The van der Waals surface area contributed by atoms with Crippen LogP contribution < -0.4 is 5.32 Å². The monoisotopic (exact) mass is 213 g/mol. The molecule has 1 heterocycles. The van der Waals surface area contributed by atoms with Crippen molar-refractivity contribution in [2.45, 2.75) is 25.0 Å². The molecule has 4 heteroatoms. The van der Waals surface area contributed by atoms with Gasteiger partial charge in [0.2, 0.25) is 0 Å². The zero-order valence-corrected chi connectivity index (χ0v) is 8.16. The van der Waals surface area contributed by atoms with Gasteiger partial charge in [-0.1, -0.05) is 24.3 Å². The molecule has 0 radical (unpaired) electrons. The fraction of sp³-hybridized carbons (Fsp3) is 0.455. The lowest BCUT2D eigenvalue weighted by atomic mass is 10.0. The van der Waals surface area contributed by atoms with E-state index in [0.717, 1.165) is 5.56 Å². The molecule has 15 heavy (non-hydrogen) atoms. The molecule has 0 amide bonds. The van der Waals surface area contributed by atoms with Gasteiger partial charge in [0.1, 0.15) is 0 Å². The van der Waals surface area contributed by atoms with E-state index >= 15 is 0 Å². The summed E-state index contributed by atoms with van der Waals surface area (Å²) in [6.45, 7) is 0.571. The van der Waals surface area contributed by atoms with E-state index in [4.69, 9.17) is 0 Å². The van der Waals surface area contributed by atoms with Crippen LogP contribution in [0.15, 0.2) is 24.3 Å². The van der Waals surface area contributed by atoms with E-state index in [-0.39, 0.29) is 17.7 Å². The molecule has 2 N–H and O–H groups in total. The van der Waals surface area contributed by atoms with Gasteiger partial charge < -0.3 is 10.4 Å². The van der Waals surface area contributed by atoms with Crippen LogP contribution in [-0.2, 0) is 0 Å². The van der Waals surface area contributed by atoms with E-state index < -0.39 is 6.43 Å². The quantitative estimate of drug-likeness (QED) is 0.787. The van der Waals surface area contributed by atoms with Crippen LogP contribution in [0.3, 0.4) is 0 Å². The van der Waals surface area contributed by atoms with Crippen molar-refractivity contribution in [1.82, 2.24) is 5.32 Å². The van der Waals surface area contributed by atoms with Gasteiger partial charge in [-0.05, 0) is 12.0 Å². The van der Waals surface area contributed by atoms with Gasteiger partial charge in [0.05, 0.1) is 6.10 Å². The second kappa shape index (κ2) is 4.24. The smallest absolute Gasteiger partial charge is 0.263 e. The number of alkyl halides is 2. The van der Waals surface area contributed by atoms with Gasteiger partial charge in [0, 0.05) is 18.2 Å². The maximum atomic E-state index is 12.3. The first-order valence-corrected chi connectivity index (χ1v) is 4.96. The Bertz CT molecular complexity index is 326. The number of benzene rings is 1. The Balaban J connectivity index is 2.10. The second-order valence-corrected chi connectivity index (χ2v) is 3.82. The molecular formula is C11H13F2NO. The van der Waals surface area contributed by atoms with E-state index in [2.05, 4.69) is 5.32 Å². The molecular weight excluding hydrogens is 200 g/mol. The van der Waals surface area contributed by atoms with Crippen LogP contribution in [-0.4, -0.2) is 17.8 Å². The highest BCUT2D eigenvalue weighted by atomic mass is 19.3. The highest BCUT2D eigenvalue weighted by Gasteiger charge is 2.23. The lowest BCUT2D eigenvalue weighted by Crippen LogP contribution is -2.14. The molecule has 0 bridgehead atoms. The fourth-order valence-corrected chi connectivity index (χ4v) is 1.84. The van der Waals surface area contributed by atoms with Gasteiger partial charge in [-0.2, -0.15) is 0 Å². The van der Waals surface area contributed by atoms with Crippen molar-refractivity contribution < 1.29 is 13.9 Å². The van der Waals surface area contributed by atoms with Crippen molar-refractivity contribution in [3.8, 4) is 0 Å². The van der Waals surface area contributed by atoms with E-state index in [0.29, 0.717) is 13.0 Å². The Morgan fingerprint density at radius 3 is 2.40 bits per heavy atom. The molecule has 2 nitrogen and oxygen atoms in total. The largest absolute Gasteiger partial charge is 0.392 e. The molecule has 82 valence electrons. The number of β-amino-alcohol motifs (C(OH)–C–C–N with tert-alkyl or cyclic N) is 1. The Hall–Kier alpha value is -1.00. The summed E-state index contributed by atoms with van der Waals surface area (Å²) in [4.78, 5) is 0. The summed E-state index contributed by atoms with van der Waals surface area (Å²) >= 11 is 0. The number of halogens is 2. The third kappa shape index (κ3) is 2.33. The SMILES string of the molecule is OC1CNC(c2ccc(C(F)F)cc2)C1. The summed E-state index contributed by atoms with van der Waals surface area (Å²) in [6.07, 6.45) is -2.10. The summed E-state index contributed by atoms with van der Waals surface area (Å²) in [5.74, 6) is 0. The lowest BCUT2D eigenvalue weighted by molar-refractivity contribution is 0.151. The maximum Gasteiger partial charge on any atom is 0.263 e. The summed E-state index contributed by atoms with van der Waals surface area (Å²) in [6, 6.07) is 6.35. The first kappa shape index (κ1) is 10.5. The van der Waals surface area contributed by atoms with Crippen LogP contribution in [0.25, 0.3) is 0 Å². The number of hydrogen-bond donors (Lipinski definition) is 2. The van der Waals surface area contributed by atoms with Crippen molar-refractivity contribution in [1.29, 1.82) is 0 Å². The average molecular weight is 213 g/mol. The molecule has 2 atom stereocenters. The molecule has 1 aromatic carbocycles. The Morgan fingerprint density at radius 1 is 1.27 bits per heavy atom. The van der Waals surface area contributed by atoms with E-state index in [1.807, 2.05) is 0 Å². The topological polar surface area (TPSA) is 32.3 Å². The molecule has 0 saturated carbocycles. The van der Waals surface area contributed by atoms with Crippen molar-refractivity contribution in [3.63, 3.8) is 0 Å². The highest BCUT2D eigenvalue weighted by Crippen LogP contribution is 2.25. The minimum atomic E-state index is -2.42. The Kier molecular flexibility index (Phi) is 2.98. The number of hydrogen-bond acceptors (Lipinski definition) is 2. The molecule has 2 unspecified atom stereocenters. The normalized spacial score (nSPS) is 26.1. The molecule has 1 aliphatic heterocycles. The molecule has 0 aromatic heterocycles. The van der Waals surface area contributed by atoms with Crippen LogP contribution in [0.1, 0.15) is 30.0 Å². The molecule has 1 aliphatic rings. The van der Waals surface area contributed by atoms with Gasteiger partial charge in [0.15, 0.2) is 0 Å². The van der Waals surface area contributed by atoms with Crippen molar-refractivity contribution in [3.05, 3.63) is 35.4 Å². The van der Waals surface area contributed by atoms with Crippen molar-refractivity contribution in [2.24, 2.45) is 0 Å². The second-order valence-electron chi connectivity index (χ2n) is 3.82. The van der Waals surface area contributed by atoms with E-state index in [1.165, 1.54) is 12.1 Å². The van der Waals surface area contributed by atoms with E-state index in [1.54, 1.807) is 12.1 Å². The minimum absolute atomic E-state index is 0.0392. The van der Waals surface area contributed by atoms with Gasteiger partial charge in [-0.15, -0.1) is 0 Å². The number of aliphatic hydroxyl groups is 1. The summed E-state index contributed by atoms with van der Waals surface area (Å²) < 4.78 is 24.6. The summed E-state index contributed by atoms with van der Waals surface area (Å²) in [7, 11) is 0. The first-order valence-electron chi connectivity index (χ1n) is 4.96. The fourth-order valence-electron chi connectivity index (χ4n) is 1.84. The zero-order valence-electron chi connectivity index (χ0n) is 8.16. The van der Waals surface area contributed by atoms with Crippen LogP contribution in [0.2, 0.25) is 0 Å². The Labute approximate surface area is 86.9 Å². The molecule has 0 aliphatic carbocycles. The minimum Gasteiger partial charge on any atom is -0.392 e. The third-order valence-electron chi connectivity index (χ3n) is 2.70. The predicted molar refractivity (Wildman–Crippen MR) is 52.8 cm³/mol. The third-order valence-corrected chi connectivity index (χ3v) is 2.70. The molecule has 1 saturated heterocycles. The van der Waals surface area contributed by atoms with Gasteiger partial charge in [-0.25, -0.2) is 8.78 Å². The Morgan fingerprint density at radius 2 is 1.93 bits per heavy atom. The van der Waals surface area contributed by atoms with Crippen LogP contribution >= 0.6 is 0 Å². The number of nitrogens with one attached hydrogen (secondary N) is 1. The first-order chi connectivity index (χ1) is 7.16. The predicted octanol–water partition coefficient (Wildman–Crippen LogP) is 2.02. The van der Waals surface area contributed by atoms with Crippen molar-refractivity contribution >= 4 is 0 Å². The van der Waals surface area contributed by atoms with E-state index in [9.17, 15) is 13.9 Å². The average Bonchev–Trinajstić information content (AvgIpc) is 2.65. The summed E-state index contributed by atoms with van der Waals surface area (Å²) in [5.41, 5.74) is 0.994. The van der Waals surface area contributed by atoms with Crippen molar-refractivity contribution in [2.75, 3.05) is 6.54 Å². The standard InChI is InChI=1S/C11H13F2NO/c12-11(13)8-3-1-7(2-4-8)10-5-9(15)6-14-10/h1-4,9-11,14-15H,5-6H2. The molecule has 2 rings (SSSR count). The zero-order chi connectivity index (χ0) is 10.8. The van der Waals surface area contributed by atoms with Gasteiger partial charge in [0.25, 0.3) is 6.43 Å². The van der Waals surface area contributed by atoms with Crippen LogP contribution in [0, 0.1) is 0 Å². The van der Waals surface area contributed by atoms with Crippen LogP contribution in [0.5, 0.6) is 0 Å². The summed E-state index contributed by atoms with van der Waals surface area (Å²) in [5, 5.41) is 12.5. The molecule has 1 aromatic rings. The number of aliphatic hydroxyl groups excluding tert-OH is 1.